The Balaban J connectivity index is 3.44. The molecule has 5 heteroatoms. The predicted molar refractivity (Wildman–Crippen MR) is 54.2 cm³/mol. The van der Waals surface area contributed by atoms with Crippen molar-refractivity contribution in [2.45, 2.75) is 25.8 Å². The van der Waals surface area contributed by atoms with Crippen LogP contribution in [0, 0.1) is 0 Å². The molecule has 0 aromatic carbocycles. The molecule has 5 nitrogen and oxygen atoms in total. The molecule has 0 aromatic heterocycles. The third-order valence-corrected chi connectivity index (χ3v) is 1.86. The molecule has 0 heterocycles. The Hall–Kier alpha value is -0.810. The zero-order valence-electron chi connectivity index (χ0n) is 8.88. The summed E-state index contributed by atoms with van der Waals surface area (Å²) in [6, 6.07) is -0.389. The molecule has 0 saturated carbocycles. The minimum absolute atomic E-state index is 0.0258. The molecule has 0 saturated heterocycles. The molecule has 2 amide bonds. The van der Waals surface area contributed by atoms with Crippen LogP contribution < -0.4 is 10.6 Å². The maximum absolute atomic E-state index is 11.2. The maximum Gasteiger partial charge on any atom is 0.315 e. The van der Waals surface area contributed by atoms with Crippen LogP contribution in [0.2, 0.25) is 0 Å². The van der Waals surface area contributed by atoms with Gasteiger partial charge in [-0.15, -0.1) is 0 Å². The lowest BCUT2D eigenvalue weighted by Crippen LogP contribution is -2.43. The third-order valence-electron chi connectivity index (χ3n) is 1.86. The monoisotopic (exact) mass is 204 g/mol. The number of carbonyl (C=O) groups excluding carboxylic acids is 1. The summed E-state index contributed by atoms with van der Waals surface area (Å²) in [6.45, 7) is 3.10. The molecule has 0 aliphatic carbocycles. The molecule has 0 spiro atoms. The van der Waals surface area contributed by atoms with Gasteiger partial charge in [-0.05, 0) is 12.8 Å². The minimum atomic E-state index is -0.234. The Morgan fingerprint density at radius 1 is 1.57 bits per heavy atom. The van der Waals surface area contributed by atoms with E-state index >= 15 is 0 Å². The van der Waals surface area contributed by atoms with E-state index in [1.54, 1.807) is 7.11 Å². The first kappa shape index (κ1) is 13.2. The smallest absolute Gasteiger partial charge is 0.315 e. The molecule has 0 radical (unpaired) electrons. The van der Waals surface area contributed by atoms with Gasteiger partial charge in [0, 0.05) is 20.3 Å². The minimum Gasteiger partial charge on any atom is -0.394 e. The third kappa shape index (κ3) is 6.68. The molecule has 1 unspecified atom stereocenters. The fourth-order valence-corrected chi connectivity index (χ4v) is 0.932. The molecule has 14 heavy (non-hydrogen) atoms. The van der Waals surface area contributed by atoms with Crippen LogP contribution in [0.3, 0.4) is 0 Å². The van der Waals surface area contributed by atoms with Crippen molar-refractivity contribution in [3.63, 3.8) is 0 Å². The number of ether oxygens (including phenoxy) is 1. The van der Waals surface area contributed by atoms with Crippen LogP contribution in [0.25, 0.3) is 0 Å². The van der Waals surface area contributed by atoms with E-state index in [1.165, 1.54) is 0 Å². The standard InChI is InChI=1S/C9H20N2O3/c1-3-8(7-12)11-9(13)10-5-4-6-14-2/h8,12H,3-7H2,1-2H3,(H2,10,11,13). The Morgan fingerprint density at radius 3 is 2.79 bits per heavy atom. The van der Waals surface area contributed by atoms with E-state index in [1.807, 2.05) is 6.92 Å². The number of aliphatic hydroxyl groups excluding tert-OH is 1. The van der Waals surface area contributed by atoms with Gasteiger partial charge in [0.05, 0.1) is 12.6 Å². The first-order chi connectivity index (χ1) is 6.74. The summed E-state index contributed by atoms with van der Waals surface area (Å²) < 4.78 is 4.84. The zero-order valence-corrected chi connectivity index (χ0v) is 8.88. The number of hydrogen-bond acceptors (Lipinski definition) is 3. The molecule has 0 aromatic rings. The molecular weight excluding hydrogens is 184 g/mol. The first-order valence-electron chi connectivity index (χ1n) is 4.88. The van der Waals surface area contributed by atoms with Crippen molar-refractivity contribution < 1.29 is 14.6 Å². The largest absolute Gasteiger partial charge is 0.394 e. The summed E-state index contributed by atoms with van der Waals surface area (Å²) in [5.74, 6) is 0. The number of urea groups is 1. The second-order valence-corrected chi connectivity index (χ2v) is 3.03. The molecule has 84 valence electrons. The van der Waals surface area contributed by atoms with Crippen LogP contribution >= 0.6 is 0 Å². The van der Waals surface area contributed by atoms with Crippen molar-refractivity contribution >= 4 is 6.03 Å². The average molecular weight is 204 g/mol. The second kappa shape index (κ2) is 8.77. The molecule has 1 atom stereocenters. The van der Waals surface area contributed by atoms with E-state index in [0.717, 1.165) is 12.8 Å². The molecule has 0 bridgehead atoms. The van der Waals surface area contributed by atoms with Gasteiger partial charge in [0.1, 0.15) is 0 Å². The van der Waals surface area contributed by atoms with Crippen LogP contribution in [0.1, 0.15) is 19.8 Å². The Bertz CT molecular complexity index is 149. The lowest BCUT2D eigenvalue weighted by molar-refractivity contribution is 0.191. The Morgan fingerprint density at radius 2 is 2.29 bits per heavy atom. The molecule has 3 N–H and O–H groups in total. The second-order valence-electron chi connectivity index (χ2n) is 3.03. The van der Waals surface area contributed by atoms with Crippen LogP contribution in [0.5, 0.6) is 0 Å². The molecule has 0 fully saturated rings. The first-order valence-corrected chi connectivity index (χ1v) is 4.88. The van der Waals surface area contributed by atoms with Gasteiger partial charge in [0.15, 0.2) is 0 Å². The van der Waals surface area contributed by atoms with E-state index in [-0.39, 0.29) is 18.7 Å². The quantitative estimate of drug-likeness (QED) is 0.515. The number of hydrogen-bond donors (Lipinski definition) is 3. The van der Waals surface area contributed by atoms with Gasteiger partial charge in [-0.2, -0.15) is 0 Å². The van der Waals surface area contributed by atoms with Gasteiger partial charge in [-0.25, -0.2) is 4.79 Å². The molecule has 0 aliphatic heterocycles. The van der Waals surface area contributed by atoms with Gasteiger partial charge in [-0.1, -0.05) is 6.92 Å². The van der Waals surface area contributed by atoms with E-state index < -0.39 is 0 Å². The lowest BCUT2D eigenvalue weighted by atomic mass is 10.2. The van der Waals surface area contributed by atoms with E-state index in [0.29, 0.717) is 13.2 Å². The highest BCUT2D eigenvalue weighted by molar-refractivity contribution is 5.74. The van der Waals surface area contributed by atoms with E-state index in [2.05, 4.69) is 10.6 Å². The highest BCUT2D eigenvalue weighted by Gasteiger charge is 2.07. The van der Waals surface area contributed by atoms with Crippen molar-refractivity contribution in [1.29, 1.82) is 0 Å². The number of aliphatic hydroxyl groups is 1. The van der Waals surface area contributed by atoms with Gasteiger partial charge >= 0.3 is 6.03 Å². The van der Waals surface area contributed by atoms with Crippen molar-refractivity contribution in [3.8, 4) is 0 Å². The molecular formula is C9H20N2O3. The van der Waals surface area contributed by atoms with Crippen LogP contribution in [-0.2, 0) is 4.74 Å². The Labute approximate surface area is 84.8 Å². The highest BCUT2D eigenvalue weighted by Crippen LogP contribution is 1.88. The van der Waals surface area contributed by atoms with E-state index in [4.69, 9.17) is 9.84 Å². The predicted octanol–water partition coefficient (Wildman–Crippen LogP) is 0.0930. The molecule has 0 rings (SSSR count). The number of methoxy groups -OCH3 is 1. The normalized spacial score (nSPS) is 12.2. The Kier molecular flexibility index (Phi) is 8.27. The number of nitrogens with one attached hydrogen (secondary N) is 2. The van der Waals surface area contributed by atoms with Crippen LogP contribution in [0.4, 0.5) is 4.79 Å². The van der Waals surface area contributed by atoms with Gasteiger partial charge in [-0.3, -0.25) is 0 Å². The number of amides is 2. The number of rotatable bonds is 7. The van der Waals surface area contributed by atoms with Crippen LogP contribution in [-0.4, -0.2) is 44.0 Å². The fraction of sp³-hybridized carbons (Fsp3) is 0.889. The maximum atomic E-state index is 11.2. The summed E-state index contributed by atoms with van der Waals surface area (Å²) in [4.78, 5) is 11.2. The molecule has 0 aliphatic rings. The fourth-order valence-electron chi connectivity index (χ4n) is 0.932. The van der Waals surface area contributed by atoms with Crippen molar-refractivity contribution in [2.75, 3.05) is 26.9 Å². The summed E-state index contributed by atoms with van der Waals surface area (Å²) in [6.07, 6.45) is 1.52. The summed E-state index contributed by atoms with van der Waals surface area (Å²) in [5, 5.41) is 14.1. The topological polar surface area (TPSA) is 70.6 Å². The zero-order chi connectivity index (χ0) is 10.8. The number of carbonyl (C=O) groups is 1. The van der Waals surface area contributed by atoms with E-state index in [9.17, 15) is 4.79 Å². The lowest BCUT2D eigenvalue weighted by Gasteiger charge is -2.14. The summed E-state index contributed by atoms with van der Waals surface area (Å²) in [5.41, 5.74) is 0. The van der Waals surface area contributed by atoms with Gasteiger partial charge < -0.3 is 20.5 Å². The van der Waals surface area contributed by atoms with Crippen molar-refractivity contribution in [2.24, 2.45) is 0 Å². The summed E-state index contributed by atoms with van der Waals surface area (Å²) in [7, 11) is 1.62. The average Bonchev–Trinajstić information content (AvgIpc) is 2.21. The summed E-state index contributed by atoms with van der Waals surface area (Å²) >= 11 is 0. The van der Waals surface area contributed by atoms with Crippen molar-refractivity contribution in [1.82, 2.24) is 10.6 Å². The highest BCUT2D eigenvalue weighted by atomic mass is 16.5. The van der Waals surface area contributed by atoms with Gasteiger partial charge in [0.25, 0.3) is 0 Å². The SMILES string of the molecule is CCC(CO)NC(=O)NCCCOC. The van der Waals surface area contributed by atoms with Gasteiger partial charge in [0.2, 0.25) is 0 Å². The van der Waals surface area contributed by atoms with Crippen molar-refractivity contribution in [3.05, 3.63) is 0 Å². The van der Waals surface area contributed by atoms with Crippen LogP contribution in [0.15, 0.2) is 0 Å².